The zero-order valence-electron chi connectivity index (χ0n) is 14.0. The van der Waals surface area contributed by atoms with Gasteiger partial charge in [0, 0.05) is 30.9 Å². The Kier molecular flexibility index (Phi) is 5.30. The van der Waals surface area contributed by atoms with Crippen molar-refractivity contribution in [2.45, 2.75) is 45.1 Å². The molecule has 1 amide bonds. The number of carbonyl (C=O) groups excluding carboxylic acids is 1. The Morgan fingerprint density at radius 1 is 1.33 bits per heavy atom. The lowest BCUT2D eigenvalue weighted by molar-refractivity contribution is -0.121. The van der Waals surface area contributed by atoms with Crippen LogP contribution in [0.25, 0.3) is 11.3 Å². The topological polar surface area (TPSA) is 75.4 Å². The molecule has 128 valence electrons. The molecule has 0 aliphatic heterocycles. The maximum atomic E-state index is 11.9. The Bertz CT molecular complexity index is 678. The van der Waals surface area contributed by atoms with E-state index >= 15 is 0 Å². The smallest absolute Gasteiger partial charge is 0.220 e. The lowest BCUT2D eigenvalue weighted by Gasteiger charge is -2.14. The Labute approximate surface area is 142 Å². The van der Waals surface area contributed by atoms with E-state index in [1.165, 1.54) is 5.56 Å². The van der Waals surface area contributed by atoms with Gasteiger partial charge in [0.25, 0.3) is 0 Å². The van der Waals surface area contributed by atoms with Crippen LogP contribution in [-0.4, -0.2) is 28.6 Å². The number of aromatic nitrogens is 1. The van der Waals surface area contributed by atoms with E-state index in [0.717, 1.165) is 30.6 Å². The second kappa shape index (κ2) is 7.62. The van der Waals surface area contributed by atoms with Gasteiger partial charge < -0.3 is 14.8 Å². The fraction of sp³-hybridized carbons (Fsp3) is 0.474. The third kappa shape index (κ3) is 4.23. The van der Waals surface area contributed by atoms with Crippen LogP contribution < -0.4 is 5.32 Å². The molecule has 2 unspecified atom stereocenters. The number of oxazole rings is 1. The van der Waals surface area contributed by atoms with Gasteiger partial charge >= 0.3 is 0 Å². The zero-order valence-corrected chi connectivity index (χ0v) is 14.0. The number of aliphatic hydroxyl groups excluding tert-OH is 1. The summed E-state index contributed by atoms with van der Waals surface area (Å²) >= 11 is 0. The molecule has 1 aliphatic rings. The molecule has 0 bridgehead atoms. The second-order valence-electron chi connectivity index (χ2n) is 6.55. The number of aryl methyl sites for hydroxylation is 2. The summed E-state index contributed by atoms with van der Waals surface area (Å²) in [5, 5.41) is 12.7. The van der Waals surface area contributed by atoms with E-state index < -0.39 is 0 Å². The minimum Gasteiger partial charge on any atom is -0.441 e. The maximum absolute atomic E-state index is 11.9. The maximum Gasteiger partial charge on any atom is 0.220 e. The molecule has 1 aromatic carbocycles. The first-order valence-corrected chi connectivity index (χ1v) is 8.58. The average Bonchev–Trinajstić information content (AvgIpc) is 3.21. The predicted molar refractivity (Wildman–Crippen MR) is 91.4 cm³/mol. The van der Waals surface area contributed by atoms with E-state index in [9.17, 15) is 9.90 Å². The van der Waals surface area contributed by atoms with E-state index in [0.29, 0.717) is 25.3 Å². The Morgan fingerprint density at radius 2 is 2.12 bits per heavy atom. The van der Waals surface area contributed by atoms with E-state index in [4.69, 9.17) is 4.42 Å². The van der Waals surface area contributed by atoms with Gasteiger partial charge in [-0.25, -0.2) is 4.98 Å². The number of nitrogens with zero attached hydrogens (tertiary/aromatic N) is 1. The molecule has 1 fully saturated rings. The van der Waals surface area contributed by atoms with Crippen LogP contribution in [0.1, 0.15) is 37.1 Å². The van der Waals surface area contributed by atoms with Crippen molar-refractivity contribution in [1.29, 1.82) is 0 Å². The third-order valence-electron chi connectivity index (χ3n) is 4.64. The molecule has 1 saturated carbocycles. The van der Waals surface area contributed by atoms with Crippen LogP contribution in [0.5, 0.6) is 0 Å². The monoisotopic (exact) mass is 328 g/mol. The number of benzene rings is 1. The first-order chi connectivity index (χ1) is 11.6. The zero-order chi connectivity index (χ0) is 16.9. The number of hydrogen-bond acceptors (Lipinski definition) is 4. The van der Waals surface area contributed by atoms with Gasteiger partial charge in [0.1, 0.15) is 0 Å². The van der Waals surface area contributed by atoms with Gasteiger partial charge in [-0.05, 0) is 19.8 Å². The number of amides is 1. The average molecular weight is 328 g/mol. The van der Waals surface area contributed by atoms with Crippen molar-refractivity contribution in [3.63, 3.8) is 0 Å². The summed E-state index contributed by atoms with van der Waals surface area (Å²) in [6.45, 7) is 2.60. The highest BCUT2D eigenvalue weighted by molar-refractivity contribution is 5.76. The molecule has 3 rings (SSSR count). The van der Waals surface area contributed by atoms with E-state index in [1.54, 1.807) is 6.20 Å². The summed E-state index contributed by atoms with van der Waals surface area (Å²) in [4.78, 5) is 16.2. The van der Waals surface area contributed by atoms with E-state index in [-0.39, 0.29) is 17.9 Å². The predicted octanol–water partition coefficient (Wildman–Crippen LogP) is 2.86. The van der Waals surface area contributed by atoms with Crippen LogP contribution in [0.2, 0.25) is 0 Å². The quantitative estimate of drug-likeness (QED) is 0.855. The number of carbonyl (C=O) groups is 1. The molecule has 0 radical (unpaired) electrons. The standard InChI is InChI=1S/C19H24N2O3/c1-13-5-7-14(8-6-13)17-12-21-19(24-17)10-9-18(23)20-11-15-3-2-4-16(15)22/h5-8,12,15-16,22H,2-4,9-11H2,1H3,(H,20,23). The molecule has 24 heavy (non-hydrogen) atoms. The van der Waals surface area contributed by atoms with Crippen LogP contribution in [-0.2, 0) is 11.2 Å². The lowest BCUT2D eigenvalue weighted by Crippen LogP contribution is -2.32. The van der Waals surface area contributed by atoms with Gasteiger partial charge in [0.2, 0.25) is 5.91 Å². The van der Waals surface area contributed by atoms with Crippen molar-refractivity contribution in [3.05, 3.63) is 41.9 Å². The van der Waals surface area contributed by atoms with Gasteiger partial charge in [0.15, 0.2) is 11.7 Å². The minimum absolute atomic E-state index is 0.0239. The lowest BCUT2D eigenvalue weighted by atomic mass is 10.1. The summed E-state index contributed by atoms with van der Waals surface area (Å²) < 4.78 is 5.72. The largest absolute Gasteiger partial charge is 0.441 e. The van der Waals surface area contributed by atoms with Gasteiger partial charge in [-0.2, -0.15) is 0 Å². The van der Waals surface area contributed by atoms with Gasteiger partial charge in [-0.15, -0.1) is 0 Å². The minimum atomic E-state index is -0.269. The van der Waals surface area contributed by atoms with E-state index in [2.05, 4.69) is 10.3 Å². The van der Waals surface area contributed by atoms with Crippen LogP contribution >= 0.6 is 0 Å². The van der Waals surface area contributed by atoms with Crippen LogP contribution in [0.3, 0.4) is 0 Å². The van der Waals surface area contributed by atoms with Gasteiger partial charge in [-0.3, -0.25) is 4.79 Å². The highest BCUT2D eigenvalue weighted by Gasteiger charge is 2.25. The number of aliphatic hydroxyl groups is 1. The van der Waals surface area contributed by atoms with Crippen molar-refractivity contribution in [1.82, 2.24) is 10.3 Å². The fourth-order valence-electron chi connectivity index (χ4n) is 3.09. The number of rotatable bonds is 6. The first-order valence-electron chi connectivity index (χ1n) is 8.58. The molecule has 1 aromatic heterocycles. The summed E-state index contributed by atoms with van der Waals surface area (Å²) in [7, 11) is 0. The van der Waals surface area contributed by atoms with Gasteiger partial charge in [-0.1, -0.05) is 36.2 Å². The molecule has 5 heteroatoms. The third-order valence-corrected chi connectivity index (χ3v) is 4.64. The molecule has 2 N–H and O–H groups in total. The van der Waals surface area contributed by atoms with Crippen molar-refractivity contribution >= 4 is 5.91 Å². The molecule has 2 aromatic rings. The molecule has 1 aliphatic carbocycles. The van der Waals surface area contributed by atoms with Crippen LogP contribution in [0.15, 0.2) is 34.9 Å². The Balaban J connectivity index is 1.46. The van der Waals surface area contributed by atoms with Gasteiger partial charge in [0.05, 0.1) is 12.3 Å². The summed E-state index contributed by atoms with van der Waals surface area (Å²) in [6, 6.07) is 8.06. The van der Waals surface area contributed by atoms with E-state index in [1.807, 2.05) is 31.2 Å². The Morgan fingerprint density at radius 3 is 2.83 bits per heavy atom. The van der Waals surface area contributed by atoms with Crippen molar-refractivity contribution < 1.29 is 14.3 Å². The molecule has 0 spiro atoms. The Hall–Kier alpha value is -2.14. The second-order valence-corrected chi connectivity index (χ2v) is 6.55. The van der Waals surface area contributed by atoms with Crippen molar-refractivity contribution in [2.24, 2.45) is 5.92 Å². The molecule has 2 atom stereocenters. The van der Waals surface area contributed by atoms with Crippen LogP contribution in [0.4, 0.5) is 0 Å². The van der Waals surface area contributed by atoms with Crippen molar-refractivity contribution in [3.8, 4) is 11.3 Å². The number of nitrogens with one attached hydrogen (secondary N) is 1. The highest BCUT2D eigenvalue weighted by atomic mass is 16.4. The number of hydrogen-bond donors (Lipinski definition) is 2. The molecular formula is C19H24N2O3. The highest BCUT2D eigenvalue weighted by Crippen LogP contribution is 2.24. The SMILES string of the molecule is Cc1ccc(-c2cnc(CCC(=O)NCC3CCCC3O)o2)cc1. The molecule has 0 saturated heterocycles. The normalized spacial score (nSPS) is 20.2. The molecular weight excluding hydrogens is 304 g/mol. The summed E-state index contributed by atoms with van der Waals surface area (Å²) in [5.41, 5.74) is 2.18. The molecule has 5 nitrogen and oxygen atoms in total. The van der Waals surface area contributed by atoms with Crippen molar-refractivity contribution in [2.75, 3.05) is 6.54 Å². The van der Waals surface area contributed by atoms with Crippen LogP contribution in [0, 0.1) is 12.8 Å². The molecule has 1 heterocycles. The summed E-state index contributed by atoms with van der Waals surface area (Å²) in [6.07, 6.45) is 5.13. The fourth-order valence-corrected chi connectivity index (χ4v) is 3.09. The first kappa shape index (κ1) is 16.7. The summed E-state index contributed by atoms with van der Waals surface area (Å²) in [5.74, 6) is 1.47.